The summed E-state index contributed by atoms with van der Waals surface area (Å²) in [5, 5.41) is 0. The van der Waals surface area contributed by atoms with Crippen molar-refractivity contribution in [2.75, 3.05) is 13.7 Å². The van der Waals surface area contributed by atoms with Crippen molar-refractivity contribution in [2.24, 2.45) is 5.73 Å². The number of hydrogen-bond donors (Lipinski definition) is 1. The second-order valence-corrected chi connectivity index (χ2v) is 5.27. The van der Waals surface area contributed by atoms with Crippen LogP contribution >= 0.6 is 0 Å². The summed E-state index contributed by atoms with van der Waals surface area (Å²) >= 11 is 0. The number of nitrogens with zero attached hydrogens (tertiary/aromatic N) is 1. The SMILES string of the molecule is COC(=O)CN(C(=O)[C@@H](N)CCc1ccccc1)C(C)C. The molecule has 0 radical (unpaired) electrons. The van der Waals surface area contributed by atoms with E-state index in [2.05, 4.69) is 4.74 Å². The predicted octanol–water partition coefficient (Wildman–Crippen LogP) is 1.36. The molecule has 0 bridgehead atoms. The second-order valence-electron chi connectivity index (χ2n) is 5.27. The molecule has 1 amide bonds. The smallest absolute Gasteiger partial charge is 0.325 e. The topological polar surface area (TPSA) is 72.6 Å². The van der Waals surface area contributed by atoms with Crippen LogP contribution in [0.25, 0.3) is 0 Å². The summed E-state index contributed by atoms with van der Waals surface area (Å²) in [4.78, 5) is 25.2. The van der Waals surface area contributed by atoms with E-state index >= 15 is 0 Å². The number of benzene rings is 1. The Morgan fingerprint density at radius 3 is 2.38 bits per heavy atom. The molecule has 0 aliphatic carbocycles. The number of carbonyl (C=O) groups is 2. The van der Waals surface area contributed by atoms with Gasteiger partial charge in [-0.25, -0.2) is 0 Å². The second kappa shape index (κ2) is 8.42. The summed E-state index contributed by atoms with van der Waals surface area (Å²) < 4.78 is 4.62. The van der Waals surface area contributed by atoms with Gasteiger partial charge in [-0.1, -0.05) is 30.3 Å². The maximum atomic E-state index is 12.4. The van der Waals surface area contributed by atoms with Crippen LogP contribution < -0.4 is 5.73 Å². The molecular weight excluding hydrogens is 268 g/mol. The molecule has 21 heavy (non-hydrogen) atoms. The maximum Gasteiger partial charge on any atom is 0.325 e. The summed E-state index contributed by atoms with van der Waals surface area (Å²) in [5.41, 5.74) is 7.12. The largest absolute Gasteiger partial charge is 0.468 e. The van der Waals surface area contributed by atoms with Gasteiger partial charge >= 0.3 is 5.97 Å². The Kier molecular flexibility index (Phi) is 6.88. The fourth-order valence-electron chi connectivity index (χ4n) is 2.02. The predicted molar refractivity (Wildman–Crippen MR) is 81.6 cm³/mol. The summed E-state index contributed by atoms with van der Waals surface area (Å²) in [7, 11) is 1.31. The number of amides is 1. The fraction of sp³-hybridized carbons (Fsp3) is 0.500. The summed E-state index contributed by atoms with van der Waals surface area (Å²) in [6, 6.07) is 9.17. The molecule has 5 nitrogen and oxygen atoms in total. The van der Waals surface area contributed by atoms with Crippen LogP contribution in [0.3, 0.4) is 0 Å². The Bertz CT molecular complexity index is 460. The molecule has 116 valence electrons. The lowest BCUT2D eigenvalue weighted by Gasteiger charge is -2.28. The van der Waals surface area contributed by atoms with E-state index < -0.39 is 12.0 Å². The first-order valence-corrected chi connectivity index (χ1v) is 7.12. The number of rotatable bonds is 7. The van der Waals surface area contributed by atoms with Crippen molar-refractivity contribution in [1.82, 2.24) is 4.90 Å². The van der Waals surface area contributed by atoms with E-state index in [0.29, 0.717) is 6.42 Å². The van der Waals surface area contributed by atoms with E-state index in [4.69, 9.17) is 5.73 Å². The fourth-order valence-corrected chi connectivity index (χ4v) is 2.02. The van der Waals surface area contributed by atoms with Gasteiger partial charge in [-0.2, -0.15) is 0 Å². The van der Waals surface area contributed by atoms with Crippen molar-refractivity contribution in [3.63, 3.8) is 0 Å². The highest BCUT2D eigenvalue weighted by Gasteiger charge is 2.25. The van der Waals surface area contributed by atoms with Gasteiger partial charge < -0.3 is 15.4 Å². The van der Waals surface area contributed by atoms with Crippen molar-refractivity contribution in [2.45, 2.75) is 38.8 Å². The molecule has 0 heterocycles. The lowest BCUT2D eigenvalue weighted by molar-refractivity contribution is -0.148. The third-order valence-corrected chi connectivity index (χ3v) is 3.34. The van der Waals surface area contributed by atoms with Crippen LogP contribution in [0.4, 0.5) is 0 Å². The number of nitrogens with two attached hydrogens (primary N) is 1. The van der Waals surface area contributed by atoms with Crippen LogP contribution in [0, 0.1) is 0 Å². The van der Waals surface area contributed by atoms with E-state index in [0.717, 1.165) is 12.0 Å². The van der Waals surface area contributed by atoms with Crippen LogP contribution in [0.2, 0.25) is 0 Å². The van der Waals surface area contributed by atoms with Gasteiger partial charge in [-0.05, 0) is 32.3 Å². The van der Waals surface area contributed by atoms with E-state index in [9.17, 15) is 9.59 Å². The van der Waals surface area contributed by atoms with Gasteiger partial charge in [0.25, 0.3) is 0 Å². The number of methoxy groups -OCH3 is 1. The number of ether oxygens (including phenoxy) is 1. The minimum absolute atomic E-state index is 0.0635. The molecule has 1 rings (SSSR count). The molecular formula is C16H24N2O3. The van der Waals surface area contributed by atoms with Gasteiger partial charge in [0.2, 0.25) is 5.91 Å². The molecule has 0 saturated heterocycles. The summed E-state index contributed by atoms with van der Waals surface area (Å²) in [6.45, 7) is 3.64. The monoisotopic (exact) mass is 292 g/mol. The van der Waals surface area contributed by atoms with E-state index in [1.165, 1.54) is 12.0 Å². The zero-order valence-electron chi connectivity index (χ0n) is 12.9. The summed E-state index contributed by atoms with van der Waals surface area (Å²) in [6.07, 6.45) is 1.28. The van der Waals surface area contributed by atoms with E-state index in [-0.39, 0.29) is 18.5 Å². The zero-order chi connectivity index (χ0) is 15.8. The van der Waals surface area contributed by atoms with Crippen LogP contribution in [0.5, 0.6) is 0 Å². The van der Waals surface area contributed by atoms with Crippen molar-refractivity contribution >= 4 is 11.9 Å². The first kappa shape index (κ1) is 17.2. The zero-order valence-corrected chi connectivity index (χ0v) is 12.9. The number of hydrogen-bond acceptors (Lipinski definition) is 4. The third-order valence-electron chi connectivity index (χ3n) is 3.34. The Morgan fingerprint density at radius 2 is 1.86 bits per heavy atom. The Morgan fingerprint density at radius 1 is 1.24 bits per heavy atom. The van der Waals surface area contributed by atoms with Gasteiger partial charge in [0, 0.05) is 6.04 Å². The average Bonchev–Trinajstić information content (AvgIpc) is 2.49. The highest BCUT2D eigenvalue weighted by atomic mass is 16.5. The first-order valence-electron chi connectivity index (χ1n) is 7.12. The van der Waals surface area contributed by atoms with Crippen molar-refractivity contribution < 1.29 is 14.3 Å². The average molecular weight is 292 g/mol. The van der Waals surface area contributed by atoms with Crippen molar-refractivity contribution in [1.29, 1.82) is 0 Å². The minimum Gasteiger partial charge on any atom is -0.468 e. The molecule has 2 N–H and O–H groups in total. The lowest BCUT2D eigenvalue weighted by Crippen LogP contribution is -2.49. The first-order chi connectivity index (χ1) is 9.95. The van der Waals surface area contributed by atoms with Crippen LogP contribution in [-0.2, 0) is 20.7 Å². The normalized spacial score (nSPS) is 12.0. The Labute approximate surface area is 126 Å². The molecule has 0 aromatic heterocycles. The molecule has 5 heteroatoms. The molecule has 0 aliphatic rings. The van der Waals surface area contributed by atoms with E-state index in [1.54, 1.807) is 0 Å². The van der Waals surface area contributed by atoms with Crippen LogP contribution in [0.1, 0.15) is 25.8 Å². The molecule has 0 saturated carbocycles. The minimum atomic E-state index is -0.614. The van der Waals surface area contributed by atoms with Gasteiger partial charge in [0.15, 0.2) is 0 Å². The van der Waals surface area contributed by atoms with Crippen LogP contribution in [0.15, 0.2) is 30.3 Å². The molecule has 0 aliphatic heterocycles. The molecule has 0 unspecified atom stereocenters. The number of aryl methyl sites for hydroxylation is 1. The Balaban J connectivity index is 2.59. The standard InChI is InChI=1S/C16H24N2O3/c1-12(2)18(11-15(19)21-3)16(20)14(17)10-9-13-7-5-4-6-8-13/h4-8,12,14H,9-11,17H2,1-3H3/t14-/m0/s1. The van der Waals surface area contributed by atoms with Gasteiger partial charge in [-0.3, -0.25) is 9.59 Å². The highest BCUT2D eigenvalue weighted by molar-refractivity contribution is 5.85. The quantitative estimate of drug-likeness (QED) is 0.770. The van der Waals surface area contributed by atoms with Crippen molar-refractivity contribution in [3.05, 3.63) is 35.9 Å². The molecule has 1 atom stereocenters. The summed E-state index contributed by atoms with van der Waals surface area (Å²) in [5.74, 6) is -0.654. The lowest BCUT2D eigenvalue weighted by atomic mass is 10.0. The molecule has 1 aromatic carbocycles. The number of carbonyl (C=O) groups excluding carboxylic acids is 2. The maximum absolute atomic E-state index is 12.4. The molecule has 0 spiro atoms. The molecule has 1 aromatic rings. The van der Waals surface area contributed by atoms with E-state index in [1.807, 2.05) is 44.2 Å². The Hall–Kier alpha value is -1.88. The number of esters is 1. The van der Waals surface area contributed by atoms with Gasteiger partial charge in [0.1, 0.15) is 6.54 Å². The molecule has 0 fully saturated rings. The van der Waals surface area contributed by atoms with Crippen molar-refractivity contribution in [3.8, 4) is 0 Å². The van der Waals surface area contributed by atoms with Gasteiger partial charge in [-0.15, -0.1) is 0 Å². The van der Waals surface area contributed by atoms with Crippen LogP contribution in [-0.4, -0.2) is 42.5 Å². The third kappa shape index (κ3) is 5.55. The highest BCUT2D eigenvalue weighted by Crippen LogP contribution is 2.08. The van der Waals surface area contributed by atoms with Gasteiger partial charge in [0.05, 0.1) is 13.2 Å².